The van der Waals surface area contributed by atoms with Crippen LogP contribution in [0.1, 0.15) is 23.2 Å². The van der Waals surface area contributed by atoms with E-state index >= 15 is 0 Å². The predicted molar refractivity (Wildman–Crippen MR) is 94.7 cm³/mol. The zero-order valence-corrected chi connectivity index (χ0v) is 14.3. The minimum Gasteiger partial charge on any atom is -0.369 e. The predicted octanol–water partition coefficient (Wildman–Crippen LogP) is 3.48. The summed E-state index contributed by atoms with van der Waals surface area (Å²) in [6.45, 7) is 0.951. The second-order valence-corrected chi connectivity index (χ2v) is 6.63. The summed E-state index contributed by atoms with van der Waals surface area (Å²) in [5, 5.41) is 0.447. The van der Waals surface area contributed by atoms with Gasteiger partial charge in [0.1, 0.15) is 5.82 Å². The number of carbonyl (C=O) groups excluding carboxylic acids is 2. The third-order valence-electron chi connectivity index (χ3n) is 4.48. The van der Waals surface area contributed by atoms with Crippen LogP contribution in [-0.2, 0) is 4.79 Å². The fourth-order valence-corrected chi connectivity index (χ4v) is 3.26. The quantitative estimate of drug-likeness (QED) is 0.910. The Morgan fingerprint density at radius 2 is 1.88 bits per heavy atom. The summed E-state index contributed by atoms with van der Waals surface area (Å²) in [7, 11) is 0. The summed E-state index contributed by atoms with van der Waals surface area (Å²) in [6.07, 6.45) is 1.47. The highest BCUT2D eigenvalue weighted by Gasteiger charge is 2.27. The zero-order valence-electron chi connectivity index (χ0n) is 13.5. The molecule has 1 saturated heterocycles. The van der Waals surface area contributed by atoms with Gasteiger partial charge in [0.2, 0.25) is 5.91 Å². The van der Waals surface area contributed by atoms with E-state index in [1.54, 1.807) is 35.2 Å². The number of nitrogens with two attached hydrogens (primary N) is 1. The molecule has 6 heteroatoms. The molecule has 1 atom stereocenters. The molecule has 2 amide bonds. The summed E-state index contributed by atoms with van der Waals surface area (Å²) in [5.41, 5.74) is 6.88. The number of hydrogen-bond donors (Lipinski definition) is 1. The number of halogens is 2. The second kappa shape index (κ2) is 7.23. The standard InChI is InChI=1S/C19H18ClFN2O2/c20-15-7-8-17(21)16(10-15)12-3-5-13(6-4-12)19(25)23-9-1-2-14(11-23)18(22)24/h3-8,10,14H,1-2,9,11H2,(H2,22,24)/t14-/m1/s1. The van der Waals surface area contributed by atoms with Crippen molar-refractivity contribution in [3.8, 4) is 11.1 Å². The van der Waals surface area contributed by atoms with E-state index in [0.717, 1.165) is 6.42 Å². The molecule has 1 fully saturated rings. The summed E-state index contributed by atoms with van der Waals surface area (Å²) >= 11 is 5.92. The number of hydrogen-bond acceptors (Lipinski definition) is 2. The van der Waals surface area contributed by atoms with Crippen LogP contribution in [0.4, 0.5) is 4.39 Å². The Bertz CT molecular complexity index is 808. The first-order chi connectivity index (χ1) is 12.0. The average molecular weight is 361 g/mol. The van der Waals surface area contributed by atoms with Crippen LogP contribution in [0.2, 0.25) is 5.02 Å². The van der Waals surface area contributed by atoms with Gasteiger partial charge in [-0.1, -0.05) is 23.7 Å². The van der Waals surface area contributed by atoms with Crippen LogP contribution in [0.25, 0.3) is 11.1 Å². The number of carbonyl (C=O) groups is 2. The molecule has 2 aromatic rings. The molecular weight excluding hydrogens is 343 g/mol. The normalized spacial score (nSPS) is 17.4. The Kier molecular flexibility index (Phi) is 5.04. The van der Waals surface area contributed by atoms with Gasteiger partial charge in [-0.05, 0) is 48.7 Å². The van der Waals surface area contributed by atoms with Gasteiger partial charge in [0, 0.05) is 29.2 Å². The van der Waals surface area contributed by atoms with Crippen LogP contribution in [0.5, 0.6) is 0 Å². The van der Waals surface area contributed by atoms with E-state index in [4.69, 9.17) is 17.3 Å². The van der Waals surface area contributed by atoms with Crippen LogP contribution in [0, 0.1) is 11.7 Å². The van der Waals surface area contributed by atoms with Gasteiger partial charge >= 0.3 is 0 Å². The smallest absolute Gasteiger partial charge is 0.253 e. The van der Waals surface area contributed by atoms with Gasteiger partial charge in [-0.25, -0.2) is 4.39 Å². The van der Waals surface area contributed by atoms with E-state index in [0.29, 0.717) is 41.2 Å². The molecule has 0 aromatic heterocycles. The fourth-order valence-electron chi connectivity index (χ4n) is 3.09. The molecule has 0 spiro atoms. The van der Waals surface area contributed by atoms with Crippen LogP contribution < -0.4 is 5.73 Å². The zero-order chi connectivity index (χ0) is 18.0. The second-order valence-electron chi connectivity index (χ2n) is 6.19. The maximum atomic E-state index is 13.9. The number of primary amides is 1. The average Bonchev–Trinajstić information content (AvgIpc) is 2.63. The maximum absolute atomic E-state index is 13.9. The van der Waals surface area contributed by atoms with Gasteiger partial charge in [0.25, 0.3) is 5.91 Å². The first-order valence-corrected chi connectivity index (χ1v) is 8.47. The van der Waals surface area contributed by atoms with Crippen molar-refractivity contribution in [2.45, 2.75) is 12.8 Å². The van der Waals surface area contributed by atoms with Crippen molar-refractivity contribution in [1.82, 2.24) is 4.90 Å². The van der Waals surface area contributed by atoms with Crippen molar-refractivity contribution in [2.24, 2.45) is 11.7 Å². The van der Waals surface area contributed by atoms with E-state index in [9.17, 15) is 14.0 Å². The number of piperidine rings is 1. The number of likely N-dealkylation sites (tertiary alicyclic amines) is 1. The molecule has 2 N–H and O–H groups in total. The van der Waals surface area contributed by atoms with E-state index < -0.39 is 0 Å². The lowest BCUT2D eigenvalue weighted by molar-refractivity contribution is -0.123. The maximum Gasteiger partial charge on any atom is 0.253 e. The van der Waals surface area contributed by atoms with Crippen LogP contribution >= 0.6 is 11.6 Å². The van der Waals surface area contributed by atoms with Crippen molar-refractivity contribution >= 4 is 23.4 Å². The lowest BCUT2D eigenvalue weighted by atomic mass is 9.96. The van der Waals surface area contributed by atoms with E-state index in [1.165, 1.54) is 12.1 Å². The largest absolute Gasteiger partial charge is 0.369 e. The summed E-state index contributed by atoms with van der Waals surface area (Å²) in [5.74, 6) is -1.19. The number of amides is 2. The lowest BCUT2D eigenvalue weighted by Crippen LogP contribution is -2.44. The minimum absolute atomic E-state index is 0.149. The van der Waals surface area contributed by atoms with Gasteiger partial charge in [-0.2, -0.15) is 0 Å². The van der Waals surface area contributed by atoms with E-state index in [2.05, 4.69) is 0 Å². The van der Waals surface area contributed by atoms with Gasteiger partial charge in [0.15, 0.2) is 0 Å². The summed E-state index contributed by atoms with van der Waals surface area (Å²) < 4.78 is 13.9. The van der Waals surface area contributed by atoms with Gasteiger partial charge < -0.3 is 10.6 Å². The first-order valence-electron chi connectivity index (χ1n) is 8.10. The first kappa shape index (κ1) is 17.4. The Morgan fingerprint density at radius 3 is 2.56 bits per heavy atom. The summed E-state index contributed by atoms with van der Waals surface area (Å²) in [6, 6.07) is 11.1. The van der Waals surface area contributed by atoms with Crippen molar-refractivity contribution in [3.63, 3.8) is 0 Å². The van der Waals surface area contributed by atoms with E-state index in [-0.39, 0.29) is 23.5 Å². The lowest BCUT2D eigenvalue weighted by Gasteiger charge is -2.31. The fraction of sp³-hybridized carbons (Fsp3) is 0.263. The van der Waals surface area contributed by atoms with Crippen LogP contribution in [0.3, 0.4) is 0 Å². The Morgan fingerprint density at radius 1 is 1.16 bits per heavy atom. The SMILES string of the molecule is NC(=O)[C@@H]1CCCN(C(=O)c2ccc(-c3cc(Cl)ccc3F)cc2)C1. The highest BCUT2D eigenvalue weighted by atomic mass is 35.5. The molecule has 4 nitrogen and oxygen atoms in total. The number of benzene rings is 2. The molecule has 1 aliphatic heterocycles. The molecule has 0 aliphatic carbocycles. The molecule has 0 radical (unpaired) electrons. The molecule has 1 heterocycles. The molecule has 3 rings (SSSR count). The van der Waals surface area contributed by atoms with Gasteiger partial charge in [-0.15, -0.1) is 0 Å². The summed E-state index contributed by atoms with van der Waals surface area (Å²) in [4.78, 5) is 25.6. The molecule has 0 unspecified atom stereocenters. The van der Waals surface area contributed by atoms with E-state index in [1.807, 2.05) is 0 Å². The molecule has 130 valence electrons. The van der Waals surface area contributed by atoms with Crippen molar-refractivity contribution < 1.29 is 14.0 Å². The highest BCUT2D eigenvalue weighted by Crippen LogP contribution is 2.27. The van der Waals surface area contributed by atoms with Gasteiger partial charge in [-0.3, -0.25) is 9.59 Å². The van der Waals surface area contributed by atoms with Crippen molar-refractivity contribution in [3.05, 3.63) is 58.9 Å². The Balaban J connectivity index is 1.79. The Hall–Kier alpha value is -2.40. The monoisotopic (exact) mass is 360 g/mol. The third-order valence-corrected chi connectivity index (χ3v) is 4.72. The molecule has 1 aliphatic rings. The van der Waals surface area contributed by atoms with Crippen LogP contribution in [-0.4, -0.2) is 29.8 Å². The molecule has 0 saturated carbocycles. The van der Waals surface area contributed by atoms with Crippen molar-refractivity contribution in [1.29, 1.82) is 0 Å². The molecular formula is C19H18ClFN2O2. The minimum atomic E-state index is -0.371. The Labute approximate surface area is 150 Å². The number of nitrogens with zero attached hydrogens (tertiary/aromatic N) is 1. The molecule has 2 aromatic carbocycles. The molecule has 0 bridgehead atoms. The molecule has 25 heavy (non-hydrogen) atoms. The number of rotatable bonds is 3. The highest BCUT2D eigenvalue weighted by molar-refractivity contribution is 6.30. The van der Waals surface area contributed by atoms with Crippen LogP contribution in [0.15, 0.2) is 42.5 Å². The van der Waals surface area contributed by atoms with Gasteiger partial charge in [0.05, 0.1) is 5.92 Å². The third kappa shape index (κ3) is 3.82. The topological polar surface area (TPSA) is 63.4 Å². The van der Waals surface area contributed by atoms with Crippen molar-refractivity contribution in [2.75, 3.05) is 13.1 Å².